The predicted molar refractivity (Wildman–Crippen MR) is 192 cm³/mol. The highest BCUT2D eigenvalue weighted by atomic mass is 16.3. The van der Waals surface area contributed by atoms with E-state index >= 15 is 0 Å². The molecule has 1 aromatic heterocycles. The molecule has 214 valence electrons. The van der Waals surface area contributed by atoms with Gasteiger partial charge in [0.05, 0.1) is 5.69 Å². The zero-order chi connectivity index (χ0) is 29.9. The van der Waals surface area contributed by atoms with E-state index in [1.54, 1.807) is 0 Å². The van der Waals surface area contributed by atoms with Crippen molar-refractivity contribution in [3.05, 3.63) is 157 Å². The Morgan fingerprint density at radius 3 is 2.00 bits per heavy atom. The number of para-hydroxylation sites is 2. The molecule has 0 spiro atoms. The molecule has 0 unspecified atom stereocenters. The van der Waals surface area contributed by atoms with Crippen molar-refractivity contribution in [2.24, 2.45) is 0 Å². The molecule has 1 aliphatic heterocycles. The highest BCUT2D eigenvalue weighted by Crippen LogP contribution is 2.45. The number of allylic oxidation sites excluding steroid dienone is 3. The monoisotopic (exact) mass is 577 g/mol. The van der Waals surface area contributed by atoms with Crippen molar-refractivity contribution >= 4 is 65.6 Å². The molecule has 45 heavy (non-hydrogen) atoms. The van der Waals surface area contributed by atoms with E-state index in [1.807, 2.05) is 12.1 Å². The quantitative estimate of drug-likeness (QED) is 0.190. The fraction of sp³-hybridized carbons (Fsp3) is 0.0698. The number of hydrogen-bond acceptors (Lipinski definition) is 2. The normalized spacial score (nSPS) is 15.6. The van der Waals surface area contributed by atoms with Crippen LogP contribution < -0.4 is 4.90 Å². The van der Waals surface area contributed by atoms with Crippen molar-refractivity contribution in [2.45, 2.75) is 13.3 Å². The summed E-state index contributed by atoms with van der Waals surface area (Å²) in [6, 6.07) is 46.2. The lowest BCUT2D eigenvalue weighted by molar-refractivity contribution is 0.670. The number of benzene rings is 7. The van der Waals surface area contributed by atoms with E-state index in [0.717, 1.165) is 46.0 Å². The van der Waals surface area contributed by atoms with Crippen LogP contribution in [0, 0.1) is 0 Å². The highest BCUT2D eigenvalue weighted by molar-refractivity contribution is 6.28. The Hall–Kier alpha value is -5.60. The third-order valence-corrected chi connectivity index (χ3v) is 9.44. The maximum atomic E-state index is 6.38. The average molecular weight is 578 g/mol. The molecule has 1 aliphatic rings. The Bertz CT molecular complexity index is 2460. The smallest absolute Gasteiger partial charge is 0.143 e. The summed E-state index contributed by atoms with van der Waals surface area (Å²) in [4.78, 5) is 2.51. The fourth-order valence-electron chi connectivity index (χ4n) is 7.30. The summed E-state index contributed by atoms with van der Waals surface area (Å²) in [7, 11) is 0. The molecule has 8 aromatic rings. The van der Waals surface area contributed by atoms with Crippen LogP contribution in [0.4, 0.5) is 11.4 Å². The molecule has 0 saturated heterocycles. The predicted octanol–water partition coefficient (Wildman–Crippen LogP) is 11.9. The Labute approximate surface area is 262 Å². The summed E-state index contributed by atoms with van der Waals surface area (Å²) in [5.41, 5.74) is 9.21. The van der Waals surface area contributed by atoms with Crippen LogP contribution in [-0.2, 0) is 6.42 Å². The van der Waals surface area contributed by atoms with Gasteiger partial charge in [-0.05, 0) is 69.6 Å². The summed E-state index contributed by atoms with van der Waals surface area (Å²) in [5, 5.41) is 10.1. The minimum atomic E-state index is 0.775. The molecule has 0 amide bonds. The molecule has 2 heteroatoms. The van der Waals surface area contributed by atoms with Crippen molar-refractivity contribution < 1.29 is 4.42 Å². The molecule has 9 rings (SSSR count). The maximum absolute atomic E-state index is 6.38. The van der Waals surface area contributed by atoms with Gasteiger partial charge in [-0.15, -0.1) is 0 Å². The molecule has 0 bridgehead atoms. The number of anilines is 2. The highest BCUT2D eigenvalue weighted by Gasteiger charge is 2.21. The van der Waals surface area contributed by atoms with Gasteiger partial charge in [0.15, 0.2) is 0 Å². The van der Waals surface area contributed by atoms with Gasteiger partial charge in [0, 0.05) is 34.0 Å². The van der Waals surface area contributed by atoms with E-state index in [9.17, 15) is 0 Å². The van der Waals surface area contributed by atoms with Crippen LogP contribution >= 0.6 is 0 Å². The first kappa shape index (κ1) is 25.9. The Morgan fingerprint density at radius 2 is 1.22 bits per heavy atom. The molecular weight excluding hydrogens is 546 g/mol. The van der Waals surface area contributed by atoms with Gasteiger partial charge >= 0.3 is 0 Å². The van der Waals surface area contributed by atoms with Gasteiger partial charge in [-0.1, -0.05) is 133 Å². The van der Waals surface area contributed by atoms with Crippen molar-refractivity contribution in [3.8, 4) is 11.1 Å². The number of furan rings is 1. The van der Waals surface area contributed by atoms with E-state index in [1.165, 1.54) is 54.8 Å². The number of hydrogen-bond donors (Lipinski definition) is 0. The van der Waals surface area contributed by atoms with Crippen LogP contribution in [0.3, 0.4) is 0 Å². The third kappa shape index (κ3) is 4.10. The number of rotatable bonds is 2. The first-order valence-corrected chi connectivity index (χ1v) is 15.7. The lowest BCUT2D eigenvalue weighted by Gasteiger charge is -2.29. The molecule has 2 nitrogen and oxygen atoms in total. The second-order valence-electron chi connectivity index (χ2n) is 12.1. The first-order valence-electron chi connectivity index (χ1n) is 15.7. The van der Waals surface area contributed by atoms with Gasteiger partial charge in [-0.2, -0.15) is 0 Å². The van der Waals surface area contributed by atoms with Gasteiger partial charge in [0.1, 0.15) is 11.2 Å². The summed E-state index contributed by atoms with van der Waals surface area (Å²) >= 11 is 0. The van der Waals surface area contributed by atoms with Crippen LogP contribution in [0.15, 0.2) is 156 Å². The molecule has 0 radical (unpaired) electrons. The van der Waals surface area contributed by atoms with E-state index in [-0.39, 0.29) is 0 Å². The fourth-order valence-corrected chi connectivity index (χ4v) is 7.30. The van der Waals surface area contributed by atoms with Crippen LogP contribution in [-0.4, -0.2) is 6.54 Å². The summed E-state index contributed by atoms with van der Waals surface area (Å²) in [6.45, 7) is 2.97. The summed E-state index contributed by atoms with van der Waals surface area (Å²) < 4.78 is 6.38. The minimum absolute atomic E-state index is 0.775. The summed E-state index contributed by atoms with van der Waals surface area (Å²) in [5.74, 6) is 0. The Morgan fingerprint density at radius 1 is 0.578 bits per heavy atom. The van der Waals surface area contributed by atoms with Crippen molar-refractivity contribution in [1.82, 2.24) is 0 Å². The molecule has 0 aliphatic carbocycles. The van der Waals surface area contributed by atoms with Crippen LogP contribution in [0.2, 0.25) is 0 Å². The van der Waals surface area contributed by atoms with Gasteiger partial charge in [0.2, 0.25) is 0 Å². The van der Waals surface area contributed by atoms with Gasteiger partial charge in [-0.3, -0.25) is 0 Å². The Balaban J connectivity index is 1.27. The van der Waals surface area contributed by atoms with Crippen molar-refractivity contribution in [2.75, 3.05) is 11.4 Å². The van der Waals surface area contributed by atoms with Gasteiger partial charge in [-0.25, -0.2) is 0 Å². The minimum Gasteiger partial charge on any atom is -0.455 e. The van der Waals surface area contributed by atoms with E-state index in [2.05, 4.69) is 145 Å². The van der Waals surface area contributed by atoms with Crippen molar-refractivity contribution in [1.29, 1.82) is 0 Å². The van der Waals surface area contributed by atoms with Crippen molar-refractivity contribution in [3.63, 3.8) is 0 Å². The topological polar surface area (TPSA) is 16.4 Å². The largest absolute Gasteiger partial charge is 0.455 e. The second kappa shape index (κ2) is 10.2. The molecule has 0 fully saturated rings. The molecule has 0 atom stereocenters. The number of fused-ring (bicyclic) bond motifs is 11. The molecule has 7 aromatic carbocycles. The average Bonchev–Trinajstić information content (AvgIpc) is 3.51. The van der Waals surface area contributed by atoms with Gasteiger partial charge in [0.25, 0.3) is 0 Å². The van der Waals surface area contributed by atoms with E-state index in [0.29, 0.717) is 0 Å². The lowest BCUT2D eigenvalue weighted by Crippen LogP contribution is -2.19. The first-order chi connectivity index (χ1) is 22.2. The second-order valence-corrected chi connectivity index (χ2v) is 12.1. The van der Waals surface area contributed by atoms with Crippen LogP contribution in [0.25, 0.3) is 65.4 Å². The summed E-state index contributed by atoms with van der Waals surface area (Å²) in [6.07, 6.45) is 7.79. The third-order valence-electron chi connectivity index (χ3n) is 9.44. The van der Waals surface area contributed by atoms with Crippen LogP contribution in [0.5, 0.6) is 0 Å². The SMILES string of the molecule is CC1=C/Cc2ccc3c4ccccc4c4ccccc4c3c2N(c2ccc(-c3cccc4c3oc3ccccc34)cc2)C/C=C\1. The van der Waals surface area contributed by atoms with Gasteiger partial charge < -0.3 is 9.32 Å². The zero-order valence-electron chi connectivity index (χ0n) is 25.1. The standard InChI is InChI=1S/C43H31NO/c1-28-10-9-27-44(31-24-21-29(22-25-31)32-16-8-17-39-36-14-6-7-18-40(36)45-43(32)39)42-30(20-19-28)23-26-38-35-13-3-2-11-33(35)34-12-4-5-15-37(34)41(38)42/h2-19,21-26H,20,27H2,1H3/b10-9-,28-19-. The molecular formula is C43H31NO. The molecule has 2 heterocycles. The number of nitrogens with zero attached hydrogens (tertiary/aromatic N) is 1. The van der Waals surface area contributed by atoms with E-state index in [4.69, 9.17) is 4.42 Å². The molecule has 0 saturated carbocycles. The Kier molecular flexibility index (Phi) is 5.89. The van der Waals surface area contributed by atoms with Crippen LogP contribution in [0.1, 0.15) is 12.5 Å². The zero-order valence-corrected chi connectivity index (χ0v) is 25.1. The molecule has 0 N–H and O–H groups in total. The maximum Gasteiger partial charge on any atom is 0.143 e. The lowest BCUT2D eigenvalue weighted by atomic mass is 9.90. The van der Waals surface area contributed by atoms with E-state index < -0.39 is 0 Å².